The zero-order chi connectivity index (χ0) is 13.9. The van der Waals surface area contributed by atoms with Crippen LogP contribution in [0, 0.1) is 0 Å². The molecule has 2 unspecified atom stereocenters. The molecule has 1 aromatic carbocycles. The zero-order valence-electron chi connectivity index (χ0n) is 10.9. The molecule has 2 atom stereocenters. The van der Waals surface area contributed by atoms with Crippen LogP contribution in [-0.2, 0) is 9.84 Å². The number of nitrogens with two attached hydrogens (primary N) is 1. The Kier molecular flexibility index (Phi) is 5.03. The summed E-state index contributed by atoms with van der Waals surface area (Å²) in [5, 5.41) is -0.452. The Morgan fingerprint density at radius 2 is 1.68 bits per heavy atom. The number of halogens is 1. The van der Waals surface area contributed by atoms with Gasteiger partial charge in [0.1, 0.15) is 0 Å². The van der Waals surface area contributed by atoms with Crippen LogP contribution < -0.4 is 5.73 Å². The largest absolute Gasteiger partial charge is 0.327 e. The highest BCUT2D eigenvalue weighted by atomic mass is 79.9. The molecule has 1 saturated carbocycles. The lowest BCUT2D eigenvalue weighted by molar-refractivity contribution is 0.444. The molecule has 1 fully saturated rings. The third kappa shape index (κ3) is 3.38. The Balaban J connectivity index is 2.34. The average molecular weight is 346 g/mol. The van der Waals surface area contributed by atoms with Gasteiger partial charge in [-0.15, -0.1) is 0 Å². The second-order valence-electron chi connectivity index (χ2n) is 5.17. The van der Waals surface area contributed by atoms with Crippen molar-refractivity contribution >= 4 is 25.8 Å². The van der Waals surface area contributed by atoms with E-state index >= 15 is 0 Å². The van der Waals surface area contributed by atoms with Crippen molar-refractivity contribution < 1.29 is 8.42 Å². The summed E-state index contributed by atoms with van der Waals surface area (Å²) in [6.07, 6.45) is 5.72. The normalized spacial score (nSPS) is 25.6. The van der Waals surface area contributed by atoms with E-state index in [9.17, 15) is 8.42 Å². The lowest BCUT2D eigenvalue weighted by Gasteiger charge is -2.26. The minimum atomic E-state index is -3.35. The van der Waals surface area contributed by atoms with Crippen molar-refractivity contribution in [1.29, 1.82) is 0 Å². The van der Waals surface area contributed by atoms with Gasteiger partial charge in [-0.2, -0.15) is 0 Å². The van der Waals surface area contributed by atoms with Crippen molar-refractivity contribution in [3.8, 4) is 0 Å². The molecular formula is C14H20BrNO2S. The molecule has 1 aliphatic rings. The Labute approximate surface area is 123 Å². The summed E-state index contributed by atoms with van der Waals surface area (Å²) in [4.78, 5) is 0.371. The van der Waals surface area contributed by atoms with E-state index < -0.39 is 15.1 Å². The van der Waals surface area contributed by atoms with Gasteiger partial charge in [0.2, 0.25) is 0 Å². The lowest BCUT2D eigenvalue weighted by atomic mass is 9.97. The Hall–Kier alpha value is -0.390. The van der Waals surface area contributed by atoms with E-state index in [-0.39, 0.29) is 6.04 Å². The van der Waals surface area contributed by atoms with Gasteiger partial charge in [0.05, 0.1) is 10.1 Å². The minimum Gasteiger partial charge on any atom is -0.327 e. The van der Waals surface area contributed by atoms with Gasteiger partial charge >= 0.3 is 0 Å². The molecule has 0 aliphatic heterocycles. The van der Waals surface area contributed by atoms with E-state index in [1.54, 1.807) is 18.2 Å². The van der Waals surface area contributed by atoms with Gasteiger partial charge in [0, 0.05) is 10.5 Å². The van der Waals surface area contributed by atoms with Crippen molar-refractivity contribution in [2.24, 2.45) is 5.73 Å². The summed E-state index contributed by atoms with van der Waals surface area (Å²) in [5.41, 5.74) is 6.13. The molecule has 2 rings (SSSR count). The van der Waals surface area contributed by atoms with Crippen LogP contribution in [0.2, 0.25) is 0 Å². The maximum absolute atomic E-state index is 12.8. The fourth-order valence-corrected chi connectivity index (χ4v) is 5.67. The van der Waals surface area contributed by atoms with Crippen LogP contribution in [-0.4, -0.2) is 19.7 Å². The maximum Gasteiger partial charge on any atom is 0.183 e. The molecule has 5 heteroatoms. The Morgan fingerprint density at radius 3 is 2.37 bits per heavy atom. The van der Waals surface area contributed by atoms with Crippen LogP contribution in [0.3, 0.4) is 0 Å². The van der Waals surface area contributed by atoms with Crippen LogP contribution in [0.25, 0.3) is 0 Å². The molecule has 2 N–H and O–H groups in total. The molecule has 0 heterocycles. The third-order valence-corrected chi connectivity index (χ3v) is 7.10. The van der Waals surface area contributed by atoms with E-state index in [1.165, 1.54) is 0 Å². The number of sulfone groups is 1. The first-order valence-electron chi connectivity index (χ1n) is 6.77. The van der Waals surface area contributed by atoms with Crippen LogP contribution in [0.15, 0.2) is 33.6 Å². The SMILES string of the molecule is NC1CCCCCCC1S(=O)(=O)c1ccccc1Br. The third-order valence-electron chi connectivity index (χ3n) is 3.80. The van der Waals surface area contributed by atoms with Gasteiger partial charge in [0.25, 0.3) is 0 Å². The van der Waals surface area contributed by atoms with Gasteiger partial charge in [-0.05, 0) is 40.9 Å². The zero-order valence-corrected chi connectivity index (χ0v) is 13.3. The minimum absolute atomic E-state index is 0.252. The molecule has 0 saturated heterocycles. The smallest absolute Gasteiger partial charge is 0.183 e. The Morgan fingerprint density at radius 1 is 1.05 bits per heavy atom. The summed E-state index contributed by atoms with van der Waals surface area (Å²) in [6, 6.07) is 6.75. The van der Waals surface area contributed by atoms with Crippen molar-refractivity contribution in [1.82, 2.24) is 0 Å². The highest BCUT2D eigenvalue weighted by Crippen LogP contribution is 2.30. The molecule has 0 amide bonds. The summed E-state index contributed by atoms with van der Waals surface area (Å²) < 4.78 is 26.2. The number of rotatable bonds is 2. The average Bonchev–Trinajstić information content (AvgIpc) is 2.34. The summed E-state index contributed by atoms with van der Waals surface area (Å²) in [5.74, 6) is 0. The quantitative estimate of drug-likeness (QED) is 0.894. The molecule has 1 aromatic rings. The van der Waals surface area contributed by atoms with E-state index in [0.717, 1.165) is 32.1 Å². The molecule has 0 radical (unpaired) electrons. The predicted molar refractivity (Wildman–Crippen MR) is 80.8 cm³/mol. The second kappa shape index (κ2) is 6.37. The predicted octanol–water partition coefficient (Wildman–Crippen LogP) is 3.27. The van der Waals surface area contributed by atoms with E-state index in [2.05, 4.69) is 15.9 Å². The maximum atomic E-state index is 12.8. The molecule has 0 spiro atoms. The second-order valence-corrected chi connectivity index (χ2v) is 8.16. The van der Waals surface area contributed by atoms with Crippen molar-refractivity contribution in [3.63, 3.8) is 0 Å². The first-order chi connectivity index (χ1) is 9.03. The van der Waals surface area contributed by atoms with E-state index in [1.807, 2.05) is 6.07 Å². The van der Waals surface area contributed by atoms with Gasteiger partial charge in [0.15, 0.2) is 9.84 Å². The molecule has 0 bridgehead atoms. The first-order valence-corrected chi connectivity index (χ1v) is 9.11. The molecule has 3 nitrogen and oxygen atoms in total. The van der Waals surface area contributed by atoms with E-state index in [0.29, 0.717) is 15.8 Å². The van der Waals surface area contributed by atoms with Crippen LogP contribution in [0.5, 0.6) is 0 Å². The standard InChI is InChI=1S/C14H20BrNO2S/c15-11-7-5-6-9-13(11)19(17,18)14-10-4-2-1-3-8-12(14)16/h5-7,9,12,14H,1-4,8,10,16H2. The number of hydrogen-bond donors (Lipinski definition) is 1. The first kappa shape index (κ1) is 15.0. The highest BCUT2D eigenvalue weighted by Gasteiger charge is 2.33. The Bertz CT molecular complexity index is 530. The lowest BCUT2D eigenvalue weighted by Crippen LogP contribution is -2.41. The molecular weight excluding hydrogens is 326 g/mol. The van der Waals surface area contributed by atoms with Crippen LogP contribution >= 0.6 is 15.9 Å². The summed E-state index contributed by atoms with van der Waals surface area (Å²) >= 11 is 3.33. The van der Waals surface area contributed by atoms with Gasteiger partial charge in [-0.3, -0.25) is 0 Å². The molecule has 106 valence electrons. The van der Waals surface area contributed by atoms with Crippen LogP contribution in [0.4, 0.5) is 0 Å². The highest BCUT2D eigenvalue weighted by molar-refractivity contribution is 9.10. The van der Waals surface area contributed by atoms with Gasteiger partial charge < -0.3 is 5.73 Å². The summed E-state index contributed by atoms with van der Waals surface area (Å²) in [6.45, 7) is 0. The van der Waals surface area contributed by atoms with Crippen molar-refractivity contribution in [2.45, 2.75) is 54.7 Å². The topological polar surface area (TPSA) is 60.2 Å². The fourth-order valence-electron chi connectivity index (χ4n) is 2.70. The fraction of sp³-hybridized carbons (Fsp3) is 0.571. The molecule has 19 heavy (non-hydrogen) atoms. The molecule has 0 aromatic heterocycles. The van der Waals surface area contributed by atoms with Crippen LogP contribution in [0.1, 0.15) is 38.5 Å². The van der Waals surface area contributed by atoms with E-state index in [4.69, 9.17) is 5.73 Å². The summed E-state index contributed by atoms with van der Waals surface area (Å²) in [7, 11) is -3.35. The number of benzene rings is 1. The van der Waals surface area contributed by atoms with Gasteiger partial charge in [-0.1, -0.05) is 37.8 Å². The number of hydrogen-bond acceptors (Lipinski definition) is 3. The van der Waals surface area contributed by atoms with Gasteiger partial charge in [-0.25, -0.2) is 8.42 Å². The van der Waals surface area contributed by atoms with Crippen molar-refractivity contribution in [3.05, 3.63) is 28.7 Å². The molecule has 1 aliphatic carbocycles. The monoisotopic (exact) mass is 345 g/mol. The van der Waals surface area contributed by atoms with Crippen molar-refractivity contribution in [2.75, 3.05) is 0 Å².